The SMILES string of the molecule is C=CC(=O)N1CCC(N2CCNCC2)CC1. The van der Waals surface area contributed by atoms with Gasteiger partial charge in [-0.25, -0.2) is 0 Å². The zero-order chi connectivity index (χ0) is 11.4. The number of hydrogen-bond acceptors (Lipinski definition) is 3. The minimum absolute atomic E-state index is 0.0822. The van der Waals surface area contributed by atoms with Crippen LogP contribution in [0.4, 0.5) is 0 Å². The third-order valence-electron chi connectivity index (χ3n) is 3.62. The van der Waals surface area contributed by atoms with E-state index in [2.05, 4.69) is 16.8 Å². The Labute approximate surface area is 97.3 Å². The van der Waals surface area contributed by atoms with E-state index in [1.165, 1.54) is 6.08 Å². The Balaban J connectivity index is 1.80. The largest absolute Gasteiger partial charge is 0.339 e. The Kier molecular flexibility index (Phi) is 3.96. The maximum absolute atomic E-state index is 11.4. The van der Waals surface area contributed by atoms with Crippen molar-refractivity contribution in [1.29, 1.82) is 0 Å². The molecular weight excluding hydrogens is 202 g/mol. The van der Waals surface area contributed by atoms with E-state index in [9.17, 15) is 4.79 Å². The molecule has 0 aromatic heterocycles. The van der Waals surface area contributed by atoms with E-state index in [4.69, 9.17) is 0 Å². The van der Waals surface area contributed by atoms with E-state index in [0.717, 1.165) is 52.1 Å². The highest BCUT2D eigenvalue weighted by Gasteiger charge is 2.26. The van der Waals surface area contributed by atoms with E-state index in [-0.39, 0.29) is 5.91 Å². The second kappa shape index (κ2) is 5.46. The van der Waals surface area contributed by atoms with Crippen LogP contribution in [0.1, 0.15) is 12.8 Å². The Hall–Kier alpha value is -0.870. The van der Waals surface area contributed by atoms with Gasteiger partial charge in [-0.05, 0) is 18.9 Å². The molecule has 0 unspecified atom stereocenters. The molecule has 2 saturated heterocycles. The quantitative estimate of drug-likeness (QED) is 0.673. The molecule has 4 nitrogen and oxygen atoms in total. The maximum Gasteiger partial charge on any atom is 0.245 e. The van der Waals surface area contributed by atoms with Gasteiger partial charge in [0, 0.05) is 45.3 Å². The van der Waals surface area contributed by atoms with Crippen molar-refractivity contribution >= 4 is 5.91 Å². The van der Waals surface area contributed by atoms with Crippen molar-refractivity contribution in [3.63, 3.8) is 0 Å². The fraction of sp³-hybridized carbons (Fsp3) is 0.750. The average molecular weight is 223 g/mol. The van der Waals surface area contributed by atoms with Crippen LogP contribution in [0.2, 0.25) is 0 Å². The topological polar surface area (TPSA) is 35.6 Å². The molecule has 2 aliphatic heterocycles. The lowest BCUT2D eigenvalue weighted by atomic mass is 10.0. The molecule has 0 aliphatic carbocycles. The molecule has 0 radical (unpaired) electrons. The number of piperazine rings is 1. The number of likely N-dealkylation sites (tertiary alicyclic amines) is 1. The van der Waals surface area contributed by atoms with Gasteiger partial charge >= 0.3 is 0 Å². The number of nitrogens with zero attached hydrogens (tertiary/aromatic N) is 2. The highest BCUT2D eigenvalue weighted by molar-refractivity contribution is 5.87. The molecule has 1 N–H and O–H groups in total. The van der Waals surface area contributed by atoms with E-state index >= 15 is 0 Å². The van der Waals surface area contributed by atoms with E-state index in [0.29, 0.717) is 6.04 Å². The van der Waals surface area contributed by atoms with Gasteiger partial charge in [0.25, 0.3) is 0 Å². The van der Waals surface area contributed by atoms with E-state index < -0.39 is 0 Å². The first-order valence-corrected chi connectivity index (χ1v) is 6.17. The molecule has 0 aromatic rings. The second-order valence-corrected chi connectivity index (χ2v) is 4.55. The van der Waals surface area contributed by atoms with Crippen molar-refractivity contribution in [1.82, 2.24) is 15.1 Å². The molecule has 2 rings (SSSR count). The van der Waals surface area contributed by atoms with Crippen molar-refractivity contribution in [2.24, 2.45) is 0 Å². The lowest BCUT2D eigenvalue weighted by molar-refractivity contribution is -0.127. The molecule has 0 spiro atoms. The predicted octanol–water partition coefficient (Wildman–Crippen LogP) is 0.0686. The summed E-state index contributed by atoms with van der Waals surface area (Å²) in [7, 11) is 0. The number of amides is 1. The molecule has 4 heteroatoms. The summed E-state index contributed by atoms with van der Waals surface area (Å²) >= 11 is 0. The number of hydrogen-bond donors (Lipinski definition) is 1. The Bertz CT molecular complexity index is 253. The fourth-order valence-electron chi connectivity index (χ4n) is 2.63. The van der Waals surface area contributed by atoms with Crippen molar-refractivity contribution in [2.45, 2.75) is 18.9 Å². The van der Waals surface area contributed by atoms with E-state index in [1.54, 1.807) is 0 Å². The molecule has 90 valence electrons. The number of carbonyl (C=O) groups excluding carboxylic acids is 1. The van der Waals surface area contributed by atoms with Crippen LogP contribution < -0.4 is 5.32 Å². The summed E-state index contributed by atoms with van der Waals surface area (Å²) < 4.78 is 0. The maximum atomic E-state index is 11.4. The van der Waals surface area contributed by atoms with Gasteiger partial charge in [-0.15, -0.1) is 0 Å². The molecule has 0 aromatic carbocycles. The summed E-state index contributed by atoms with van der Waals surface area (Å²) in [5, 5.41) is 3.37. The molecular formula is C12H21N3O. The number of piperidine rings is 1. The first-order valence-electron chi connectivity index (χ1n) is 6.17. The van der Waals surface area contributed by atoms with Gasteiger partial charge in [0.2, 0.25) is 5.91 Å². The standard InChI is InChI=1S/C12H21N3O/c1-2-12(16)15-7-3-11(4-8-15)14-9-5-13-6-10-14/h2,11,13H,1,3-10H2. The molecule has 2 aliphatic rings. The third kappa shape index (κ3) is 2.62. The zero-order valence-corrected chi connectivity index (χ0v) is 9.82. The van der Waals surface area contributed by atoms with Gasteiger partial charge in [0.15, 0.2) is 0 Å². The van der Waals surface area contributed by atoms with Gasteiger partial charge in [0.05, 0.1) is 0 Å². The zero-order valence-electron chi connectivity index (χ0n) is 9.82. The van der Waals surface area contributed by atoms with Crippen LogP contribution >= 0.6 is 0 Å². The molecule has 16 heavy (non-hydrogen) atoms. The van der Waals surface area contributed by atoms with Gasteiger partial charge in [-0.3, -0.25) is 9.69 Å². The first-order chi connectivity index (χ1) is 7.81. The van der Waals surface area contributed by atoms with Gasteiger partial charge in [-0.2, -0.15) is 0 Å². The van der Waals surface area contributed by atoms with Crippen LogP contribution in [0.15, 0.2) is 12.7 Å². The van der Waals surface area contributed by atoms with Crippen LogP contribution in [-0.4, -0.2) is 61.0 Å². The normalized spacial score (nSPS) is 24.4. The van der Waals surface area contributed by atoms with Crippen molar-refractivity contribution in [2.75, 3.05) is 39.3 Å². The molecule has 0 saturated carbocycles. The van der Waals surface area contributed by atoms with Gasteiger partial charge in [0.1, 0.15) is 0 Å². The lowest BCUT2D eigenvalue weighted by Gasteiger charge is -2.40. The van der Waals surface area contributed by atoms with Crippen LogP contribution in [0.5, 0.6) is 0 Å². The molecule has 1 amide bonds. The third-order valence-corrected chi connectivity index (χ3v) is 3.62. The van der Waals surface area contributed by atoms with Gasteiger partial charge in [-0.1, -0.05) is 6.58 Å². The lowest BCUT2D eigenvalue weighted by Crippen LogP contribution is -2.52. The summed E-state index contributed by atoms with van der Waals surface area (Å²) in [6.07, 6.45) is 3.64. The van der Waals surface area contributed by atoms with Crippen LogP contribution in [0.3, 0.4) is 0 Å². The predicted molar refractivity (Wildman–Crippen MR) is 64.2 cm³/mol. The molecule has 2 heterocycles. The van der Waals surface area contributed by atoms with Crippen LogP contribution in [0, 0.1) is 0 Å². The summed E-state index contributed by atoms with van der Waals surface area (Å²) in [6, 6.07) is 0.677. The van der Waals surface area contributed by atoms with E-state index in [1.807, 2.05) is 4.90 Å². The smallest absolute Gasteiger partial charge is 0.245 e. The minimum atomic E-state index is 0.0822. The Morgan fingerprint density at radius 3 is 2.38 bits per heavy atom. The summed E-state index contributed by atoms with van der Waals surface area (Å²) in [6.45, 7) is 9.82. The molecule has 0 atom stereocenters. The summed E-state index contributed by atoms with van der Waals surface area (Å²) in [5.74, 6) is 0.0822. The summed E-state index contributed by atoms with van der Waals surface area (Å²) in [4.78, 5) is 15.9. The number of nitrogens with one attached hydrogen (secondary N) is 1. The van der Waals surface area contributed by atoms with Crippen molar-refractivity contribution in [3.05, 3.63) is 12.7 Å². The number of rotatable bonds is 2. The average Bonchev–Trinajstić information content (AvgIpc) is 2.39. The van der Waals surface area contributed by atoms with Gasteiger partial charge < -0.3 is 10.2 Å². The highest BCUT2D eigenvalue weighted by Crippen LogP contribution is 2.17. The monoisotopic (exact) mass is 223 g/mol. The minimum Gasteiger partial charge on any atom is -0.339 e. The van der Waals surface area contributed by atoms with Crippen molar-refractivity contribution in [3.8, 4) is 0 Å². The Morgan fingerprint density at radius 1 is 1.19 bits per heavy atom. The second-order valence-electron chi connectivity index (χ2n) is 4.55. The van der Waals surface area contributed by atoms with Crippen molar-refractivity contribution < 1.29 is 4.79 Å². The number of carbonyl (C=O) groups is 1. The van der Waals surface area contributed by atoms with Crippen LogP contribution in [-0.2, 0) is 4.79 Å². The first kappa shape index (κ1) is 11.6. The Morgan fingerprint density at radius 2 is 1.81 bits per heavy atom. The summed E-state index contributed by atoms with van der Waals surface area (Å²) in [5.41, 5.74) is 0. The molecule has 0 bridgehead atoms. The highest BCUT2D eigenvalue weighted by atomic mass is 16.2. The fourth-order valence-corrected chi connectivity index (χ4v) is 2.63. The molecule has 2 fully saturated rings. The van der Waals surface area contributed by atoms with Crippen LogP contribution in [0.25, 0.3) is 0 Å².